The Labute approximate surface area is 135 Å². The molecule has 1 atom stereocenters. The lowest BCUT2D eigenvalue weighted by Gasteiger charge is -2.26. The van der Waals surface area contributed by atoms with Gasteiger partial charge < -0.3 is 10.2 Å². The number of nitrogens with zero attached hydrogens (tertiary/aromatic N) is 2. The Morgan fingerprint density at radius 3 is 2.62 bits per heavy atom. The van der Waals surface area contributed by atoms with Crippen molar-refractivity contribution in [3.63, 3.8) is 0 Å². The highest BCUT2D eigenvalue weighted by Gasteiger charge is 2.13. The smallest absolute Gasteiger partial charge is 0.0427 e. The van der Waals surface area contributed by atoms with Crippen molar-refractivity contribution in [1.82, 2.24) is 10.3 Å². The average molecular weight is 348 g/mol. The molecule has 112 valence electrons. The van der Waals surface area contributed by atoms with Gasteiger partial charge in [-0.3, -0.25) is 4.98 Å². The van der Waals surface area contributed by atoms with E-state index in [1.54, 1.807) is 0 Å². The summed E-state index contributed by atoms with van der Waals surface area (Å²) in [6.45, 7) is 6.17. The number of pyridine rings is 1. The van der Waals surface area contributed by atoms with Crippen molar-refractivity contribution < 1.29 is 0 Å². The summed E-state index contributed by atoms with van der Waals surface area (Å²) in [6, 6.07) is 10.9. The van der Waals surface area contributed by atoms with Gasteiger partial charge in [-0.25, -0.2) is 0 Å². The van der Waals surface area contributed by atoms with E-state index in [2.05, 4.69) is 82.4 Å². The second-order valence-corrected chi connectivity index (χ2v) is 6.11. The van der Waals surface area contributed by atoms with Crippen LogP contribution in [-0.4, -0.2) is 18.6 Å². The van der Waals surface area contributed by atoms with E-state index in [9.17, 15) is 0 Å². The van der Waals surface area contributed by atoms with Crippen molar-refractivity contribution in [3.05, 3.63) is 58.3 Å². The van der Waals surface area contributed by atoms with Crippen molar-refractivity contribution in [2.45, 2.75) is 26.4 Å². The molecule has 1 aromatic heterocycles. The molecule has 4 heteroatoms. The Morgan fingerprint density at radius 1 is 1.24 bits per heavy atom. The lowest BCUT2D eigenvalue weighted by molar-refractivity contribution is 0.596. The summed E-state index contributed by atoms with van der Waals surface area (Å²) >= 11 is 3.58. The maximum absolute atomic E-state index is 4.07. The van der Waals surface area contributed by atoms with Gasteiger partial charge in [0, 0.05) is 42.2 Å². The monoisotopic (exact) mass is 347 g/mol. The Kier molecular flexibility index (Phi) is 5.76. The molecular formula is C17H22BrN3. The number of nitrogens with one attached hydrogen (secondary N) is 1. The van der Waals surface area contributed by atoms with Crippen LogP contribution in [0.4, 0.5) is 5.69 Å². The molecule has 0 fully saturated rings. The van der Waals surface area contributed by atoms with E-state index in [-0.39, 0.29) is 0 Å². The van der Waals surface area contributed by atoms with Crippen LogP contribution in [0.25, 0.3) is 0 Å². The van der Waals surface area contributed by atoms with E-state index < -0.39 is 0 Å². The molecule has 2 aromatic rings. The normalized spacial score (nSPS) is 12.2. The molecule has 2 rings (SSSR count). The summed E-state index contributed by atoms with van der Waals surface area (Å²) in [5, 5.41) is 3.49. The highest BCUT2D eigenvalue weighted by molar-refractivity contribution is 9.10. The first kappa shape index (κ1) is 16.0. The molecule has 0 aliphatic carbocycles. The van der Waals surface area contributed by atoms with Crippen molar-refractivity contribution in [1.29, 1.82) is 0 Å². The first-order chi connectivity index (χ1) is 10.1. The van der Waals surface area contributed by atoms with Crippen molar-refractivity contribution in [2.24, 2.45) is 0 Å². The van der Waals surface area contributed by atoms with Crippen LogP contribution in [0.2, 0.25) is 0 Å². The second-order valence-electron chi connectivity index (χ2n) is 5.19. The SMILES string of the molecule is CCNC(C)c1ccc(Br)cc1N(C)Cc1ccncc1. The summed E-state index contributed by atoms with van der Waals surface area (Å²) in [6.07, 6.45) is 3.68. The van der Waals surface area contributed by atoms with Gasteiger partial charge in [0.1, 0.15) is 0 Å². The molecule has 3 nitrogen and oxygen atoms in total. The van der Waals surface area contributed by atoms with Gasteiger partial charge in [-0.15, -0.1) is 0 Å². The average Bonchev–Trinajstić information content (AvgIpc) is 2.48. The Morgan fingerprint density at radius 2 is 1.95 bits per heavy atom. The zero-order valence-corrected chi connectivity index (χ0v) is 14.4. The lowest BCUT2D eigenvalue weighted by atomic mass is 10.0. The maximum Gasteiger partial charge on any atom is 0.0427 e. The van der Waals surface area contributed by atoms with Crippen LogP contribution in [-0.2, 0) is 6.54 Å². The Bertz CT molecular complexity index is 572. The molecule has 0 saturated carbocycles. The van der Waals surface area contributed by atoms with Crippen LogP contribution < -0.4 is 10.2 Å². The third-order valence-corrected chi connectivity index (χ3v) is 4.04. The van der Waals surface area contributed by atoms with Crippen LogP contribution in [0.3, 0.4) is 0 Å². The third kappa shape index (κ3) is 4.29. The number of benzene rings is 1. The minimum absolute atomic E-state index is 0.331. The van der Waals surface area contributed by atoms with Crippen molar-refractivity contribution in [2.75, 3.05) is 18.5 Å². The Balaban J connectivity index is 2.26. The molecule has 0 amide bonds. The molecule has 0 radical (unpaired) electrons. The zero-order chi connectivity index (χ0) is 15.2. The van der Waals surface area contributed by atoms with Gasteiger partial charge in [0.15, 0.2) is 0 Å². The van der Waals surface area contributed by atoms with Crippen LogP contribution >= 0.6 is 15.9 Å². The van der Waals surface area contributed by atoms with Gasteiger partial charge in [0.25, 0.3) is 0 Å². The quantitative estimate of drug-likeness (QED) is 0.850. The number of aromatic nitrogens is 1. The van der Waals surface area contributed by atoms with Crippen LogP contribution in [0.5, 0.6) is 0 Å². The predicted molar refractivity (Wildman–Crippen MR) is 92.6 cm³/mol. The summed E-state index contributed by atoms with van der Waals surface area (Å²) < 4.78 is 1.10. The predicted octanol–water partition coefficient (Wildman–Crippen LogP) is 4.15. The van der Waals surface area contributed by atoms with E-state index in [1.165, 1.54) is 16.8 Å². The van der Waals surface area contributed by atoms with E-state index in [1.807, 2.05) is 12.4 Å². The molecule has 0 aliphatic rings. The molecule has 1 heterocycles. The van der Waals surface area contributed by atoms with E-state index in [0.29, 0.717) is 6.04 Å². The van der Waals surface area contributed by atoms with Gasteiger partial charge in [0.2, 0.25) is 0 Å². The van der Waals surface area contributed by atoms with Gasteiger partial charge in [-0.1, -0.05) is 28.9 Å². The standard InChI is InChI=1S/C17H22BrN3/c1-4-20-13(2)16-6-5-15(18)11-17(16)21(3)12-14-7-9-19-10-8-14/h5-11,13,20H,4,12H2,1-3H3. The topological polar surface area (TPSA) is 28.2 Å². The van der Waals surface area contributed by atoms with E-state index in [4.69, 9.17) is 0 Å². The minimum Gasteiger partial charge on any atom is -0.370 e. The summed E-state index contributed by atoms with van der Waals surface area (Å²) in [5.41, 5.74) is 3.82. The van der Waals surface area contributed by atoms with E-state index >= 15 is 0 Å². The molecule has 1 unspecified atom stereocenters. The van der Waals surface area contributed by atoms with Gasteiger partial charge in [0.05, 0.1) is 0 Å². The molecular weight excluding hydrogens is 326 g/mol. The minimum atomic E-state index is 0.331. The maximum atomic E-state index is 4.07. The highest BCUT2D eigenvalue weighted by atomic mass is 79.9. The van der Waals surface area contributed by atoms with Crippen LogP contribution in [0.1, 0.15) is 31.0 Å². The summed E-state index contributed by atoms with van der Waals surface area (Å²) in [7, 11) is 2.13. The molecule has 0 saturated heterocycles. The van der Waals surface area contributed by atoms with Crippen molar-refractivity contribution >= 4 is 21.6 Å². The summed E-state index contributed by atoms with van der Waals surface area (Å²) in [4.78, 5) is 6.35. The highest BCUT2D eigenvalue weighted by Crippen LogP contribution is 2.30. The molecule has 0 bridgehead atoms. The third-order valence-electron chi connectivity index (χ3n) is 3.55. The number of hydrogen-bond donors (Lipinski definition) is 1. The zero-order valence-electron chi connectivity index (χ0n) is 12.8. The fraction of sp³-hybridized carbons (Fsp3) is 0.353. The first-order valence-corrected chi connectivity index (χ1v) is 8.04. The van der Waals surface area contributed by atoms with E-state index in [0.717, 1.165) is 17.6 Å². The fourth-order valence-electron chi connectivity index (χ4n) is 2.48. The molecule has 1 aromatic carbocycles. The number of anilines is 1. The second kappa shape index (κ2) is 7.57. The molecule has 0 spiro atoms. The van der Waals surface area contributed by atoms with Gasteiger partial charge >= 0.3 is 0 Å². The summed E-state index contributed by atoms with van der Waals surface area (Å²) in [5.74, 6) is 0. The molecule has 0 aliphatic heterocycles. The number of rotatable bonds is 6. The Hall–Kier alpha value is -1.39. The van der Waals surface area contributed by atoms with Gasteiger partial charge in [-0.2, -0.15) is 0 Å². The number of hydrogen-bond acceptors (Lipinski definition) is 3. The lowest BCUT2D eigenvalue weighted by Crippen LogP contribution is -2.23. The number of halogens is 1. The molecule has 1 N–H and O–H groups in total. The van der Waals surface area contributed by atoms with Crippen LogP contribution in [0.15, 0.2) is 47.2 Å². The van der Waals surface area contributed by atoms with Crippen molar-refractivity contribution in [3.8, 4) is 0 Å². The first-order valence-electron chi connectivity index (χ1n) is 7.24. The fourth-order valence-corrected chi connectivity index (χ4v) is 2.83. The van der Waals surface area contributed by atoms with Gasteiger partial charge in [-0.05, 0) is 48.9 Å². The van der Waals surface area contributed by atoms with Crippen LogP contribution in [0, 0.1) is 0 Å². The largest absolute Gasteiger partial charge is 0.370 e. The molecule has 21 heavy (non-hydrogen) atoms.